The lowest BCUT2D eigenvalue weighted by Crippen LogP contribution is -2.46. The minimum absolute atomic E-state index is 0.193. The molecule has 0 aliphatic rings. The van der Waals surface area contributed by atoms with Crippen LogP contribution in [0.3, 0.4) is 0 Å². The van der Waals surface area contributed by atoms with Gasteiger partial charge in [-0.3, -0.25) is 4.79 Å². The van der Waals surface area contributed by atoms with Crippen LogP contribution in [0, 0.1) is 0 Å². The number of alkyl halides is 3. The second-order valence-electron chi connectivity index (χ2n) is 3.85. The molecule has 1 rings (SSSR count). The van der Waals surface area contributed by atoms with E-state index in [-0.39, 0.29) is 18.8 Å². The van der Waals surface area contributed by atoms with Gasteiger partial charge >= 0.3 is 6.18 Å². The van der Waals surface area contributed by atoms with E-state index in [1.165, 1.54) is 25.5 Å². The fourth-order valence-corrected chi connectivity index (χ4v) is 1.52. The second kappa shape index (κ2) is 6.58. The molecule has 2 N–H and O–H groups in total. The Morgan fingerprint density at radius 3 is 2.68 bits per heavy atom. The maximum atomic E-state index is 12.5. The molecule has 8 heteroatoms. The van der Waals surface area contributed by atoms with Gasteiger partial charge < -0.3 is 19.8 Å². The molecule has 1 aromatic heterocycles. The summed E-state index contributed by atoms with van der Waals surface area (Å²) in [6.07, 6.45) is -4.28. The molecule has 0 spiro atoms. The van der Waals surface area contributed by atoms with Crippen molar-refractivity contribution in [2.24, 2.45) is 5.73 Å². The Hall–Kier alpha value is -1.54. The van der Waals surface area contributed by atoms with Crippen molar-refractivity contribution in [3.05, 3.63) is 24.2 Å². The number of hydrogen-bond acceptors (Lipinski definition) is 4. The van der Waals surface area contributed by atoms with Crippen molar-refractivity contribution in [1.82, 2.24) is 4.90 Å². The quantitative estimate of drug-likeness (QED) is 0.848. The summed E-state index contributed by atoms with van der Waals surface area (Å²) in [5, 5.41) is 0. The average molecular weight is 280 g/mol. The number of carbonyl (C=O) groups excluding carboxylic acids is 1. The SMILES string of the molecule is COC(CN)C(=O)N(Cc1ccco1)CC(F)(F)F. The van der Waals surface area contributed by atoms with Gasteiger partial charge in [0.1, 0.15) is 18.4 Å². The molecular weight excluding hydrogens is 265 g/mol. The molecule has 108 valence electrons. The third-order valence-electron chi connectivity index (χ3n) is 2.38. The number of amides is 1. The van der Waals surface area contributed by atoms with Crippen LogP contribution >= 0.6 is 0 Å². The zero-order valence-corrected chi connectivity index (χ0v) is 10.3. The lowest BCUT2D eigenvalue weighted by molar-refractivity contribution is -0.168. The minimum atomic E-state index is -4.50. The van der Waals surface area contributed by atoms with Gasteiger partial charge in [0.2, 0.25) is 0 Å². The minimum Gasteiger partial charge on any atom is -0.467 e. The fraction of sp³-hybridized carbons (Fsp3) is 0.545. The number of nitrogens with zero attached hydrogens (tertiary/aromatic N) is 1. The van der Waals surface area contributed by atoms with E-state index in [0.29, 0.717) is 4.90 Å². The van der Waals surface area contributed by atoms with Gasteiger partial charge in [-0.15, -0.1) is 0 Å². The number of hydrogen-bond donors (Lipinski definition) is 1. The number of carbonyl (C=O) groups is 1. The maximum Gasteiger partial charge on any atom is 0.406 e. The first-order valence-corrected chi connectivity index (χ1v) is 5.48. The first-order chi connectivity index (χ1) is 8.87. The second-order valence-corrected chi connectivity index (χ2v) is 3.85. The summed E-state index contributed by atoms with van der Waals surface area (Å²) in [6, 6.07) is 3.02. The standard InChI is InChI=1S/C11H15F3N2O3/c1-18-9(5-15)10(17)16(7-11(12,13)14)6-8-3-2-4-19-8/h2-4,9H,5-7,15H2,1H3. The molecule has 0 saturated carbocycles. The molecule has 5 nitrogen and oxygen atoms in total. The van der Waals surface area contributed by atoms with Crippen LogP contribution in [0.5, 0.6) is 0 Å². The highest BCUT2D eigenvalue weighted by Gasteiger charge is 2.35. The molecule has 0 bridgehead atoms. The molecule has 1 atom stereocenters. The number of furan rings is 1. The summed E-state index contributed by atoms with van der Waals surface area (Å²) in [7, 11) is 1.22. The van der Waals surface area contributed by atoms with E-state index in [2.05, 4.69) is 0 Å². The van der Waals surface area contributed by atoms with Gasteiger partial charge in [0.15, 0.2) is 0 Å². The van der Waals surface area contributed by atoms with E-state index < -0.39 is 24.7 Å². The van der Waals surface area contributed by atoms with E-state index in [4.69, 9.17) is 14.9 Å². The Bertz CT molecular complexity index is 388. The van der Waals surface area contributed by atoms with Crippen molar-refractivity contribution in [1.29, 1.82) is 0 Å². The van der Waals surface area contributed by atoms with E-state index >= 15 is 0 Å². The molecule has 0 aromatic carbocycles. The molecule has 0 saturated heterocycles. The zero-order valence-electron chi connectivity index (χ0n) is 10.3. The van der Waals surface area contributed by atoms with Gasteiger partial charge in [0, 0.05) is 13.7 Å². The van der Waals surface area contributed by atoms with E-state index in [1.54, 1.807) is 0 Å². The van der Waals surface area contributed by atoms with Crippen molar-refractivity contribution in [2.75, 3.05) is 20.2 Å². The average Bonchev–Trinajstić information content (AvgIpc) is 2.80. The van der Waals surface area contributed by atoms with Crippen LogP contribution in [0.15, 0.2) is 22.8 Å². The van der Waals surface area contributed by atoms with Crippen LogP contribution in [0.25, 0.3) is 0 Å². The van der Waals surface area contributed by atoms with E-state index in [0.717, 1.165) is 0 Å². The van der Waals surface area contributed by atoms with Gasteiger partial charge in [0.25, 0.3) is 5.91 Å². The normalized spacial score (nSPS) is 13.3. The summed E-state index contributed by atoms with van der Waals surface area (Å²) in [4.78, 5) is 12.5. The zero-order chi connectivity index (χ0) is 14.5. The van der Waals surface area contributed by atoms with Gasteiger partial charge in [-0.25, -0.2) is 0 Å². The lowest BCUT2D eigenvalue weighted by Gasteiger charge is -2.26. The number of halogens is 3. The molecule has 19 heavy (non-hydrogen) atoms. The number of nitrogens with two attached hydrogens (primary N) is 1. The van der Waals surface area contributed by atoms with Crippen LogP contribution in [0.4, 0.5) is 13.2 Å². The molecule has 1 aromatic rings. The van der Waals surface area contributed by atoms with Crippen molar-refractivity contribution in [2.45, 2.75) is 18.8 Å². The molecule has 1 heterocycles. The molecule has 0 aliphatic heterocycles. The first-order valence-electron chi connectivity index (χ1n) is 5.48. The third kappa shape index (κ3) is 4.92. The summed E-state index contributed by atoms with van der Waals surface area (Å²) in [5.41, 5.74) is 5.28. The molecule has 1 amide bonds. The van der Waals surface area contributed by atoms with Gasteiger partial charge in [-0.05, 0) is 12.1 Å². The van der Waals surface area contributed by atoms with Crippen LogP contribution < -0.4 is 5.73 Å². The molecule has 0 fully saturated rings. The summed E-state index contributed by atoms with van der Waals surface area (Å²) in [5.74, 6) is -0.566. The summed E-state index contributed by atoms with van der Waals surface area (Å²) < 4.78 is 47.1. The van der Waals surface area contributed by atoms with Gasteiger partial charge in [-0.2, -0.15) is 13.2 Å². The Morgan fingerprint density at radius 1 is 1.58 bits per heavy atom. The van der Waals surface area contributed by atoms with Crippen LogP contribution in [-0.2, 0) is 16.1 Å². The fourth-order valence-electron chi connectivity index (χ4n) is 1.52. The van der Waals surface area contributed by atoms with Crippen LogP contribution in [0.1, 0.15) is 5.76 Å². The molecule has 0 aliphatic carbocycles. The Kier molecular flexibility index (Phi) is 5.37. The number of methoxy groups -OCH3 is 1. The van der Waals surface area contributed by atoms with Crippen molar-refractivity contribution in [3.8, 4) is 0 Å². The van der Waals surface area contributed by atoms with Gasteiger partial charge in [0.05, 0.1) is 12.8 Å². The van der Waals surface area contributed by atoms with Crippen LogP contribution in [0.2, 0.25) is 0 Å². The largest absolute Gasteiger partial charge is 0.467 e. The maximum absolute atomic E-state index is 12.5. The summed E-state index contributed by atoms with van der Waals surface area (Å²) in [6.45, 7) is -1.86. The first kappa shape index (κ1) is 15.5. The highest BCUT2D eigenvalue weighted by Crippen LogP contribution is 2.19. The third-order valence-corrected chi connectivity index (χ3v) is 2.38. The highest BCUT2D eigenvalue weighted by atomic mass is 19.4. The van der Waals surface area contributed by atoms with E-state index in [9.17, 15) is 18.0 Å². The number of ether oxygens (including phenoxy) is 1. The summed E-state index contributed by atoms with van der Waals surface area (Å²) >= 11 is 0. The smallest absolute Gasteiger partial charge is 0.406 e. The predicted molar refractivity (Wildman–Crippen MR) is 60.0 cm³/mol. The van der Waals surface area contributed by atoms with Gasteiger partial charge in [-0.1, -0.05) is 0 Å². The van der Waals surface area contributed by atoms with Crippen molar-refractivity contribution < 1.29 is 27.1 Å². The predicted octanol–water partition coefficient (Wildman–Crippen LogP) is 1.14. The Balaban J connectivity index is 2.82. The topological polar surface area (TPSA) is 68.7 Å². The molecule has 0 radical (unpaired) electrons. The highest BCUT2D eigenvalue weighted by molar-refractivity contribution is 5.81. The van der Waals surface area contributed by atoms with Crippen molar-refractivity contribution >= 4 is 5.91 Å². The Labute approximate surface area is 108 Å². The van der Waals surface area contributed by atoms with Crippen LogP contribution in [-0.4, -0.2) is 43.3 Å². The lowest BCUT2D eigenvalue weighted by atomic mass is 10.2. The molecule has 1 unspecified atom stereocenters. The Morgan fingerprint density at radius 2 is 2.26 bits per heavy atom. The van der Waals surface area contributed by atoms with Crippen molar-refractivity contribution in [3.63, 3.8) is 0 Å². The monoisotopic (exact) mass is 280 g/mol. The number of rotatable bonds is 6. The molecular formula is C11H15F3N2O3. The van der Waals surface area contributed by atoms with E-state index in [1.807, 2.05) is 0 Å².